The Kier molecular flexibility index (Phi) is 5.63. The number of hydrogen-bond donors (Lipinski definition) is 3. The first-order valence-corrected chi connectivity index (χ1v) is 7.05. The Morgan fingerprint density at radius 2 is 2.21 bits per heavy atom. The van der Waals surface area contributed by atoms with Gasteiger partial charge in [-0.15, -0.1) is 0 Å². The van der Waals surface area contributed by atoms with Crippen LogP contribution in [0.2, 0.25) is 0 Å². The second kappa shape index (κ2) is 7.48. The summed E-state index contributed by atoms with van der Waals surface area (Å²) >= 11 is 0. The van der Waals surface area contributed by atoms with E-state index in [1.807, 2.05) is 12.1 Å². The minimum atomic E-state index is 0.0902. The van der Waals surface area contributed by atoms with E-state index in [9.17, 15) is 5.11 Å². The Morgan fingerprint density at radius 1 is 1.32 bits per heavy atom. The number of phenolic OH excluding ortho intramolecular Hbond substituents is 1. The van der Waals surface area contributed by atoms with Crippen molar-refractivity contribution < 1.29 is 14.9 Å². The third kappa shape index (κ3) is 4.20. The maximum absolute atomic E-state index is 9.51. The van der Waals surface area contributed by atoms with E-state index in [4.69, 9.17) is 9.84 Å². The number of aliphatic hydroxyl groups excluding tert-OH is 1. The van der Waals surface area contributed by atoms with E-state index >= 15 is 0 Å². The van der Waals surface area contributed by atoms with Gasteiger partial charge in [0.15, 0.2) is 0 Å². The van der Waals surface area contributed by atoms with Crippen molar-refractivity contribution >= 4 is 0 Å². The lowest BCUT2D eigenvalue weighted by atomic mass is 9.87. The van der Waals surface area contributed by atoms with Gasteiger partial charge in [0.1, 0.15) is 5.75 Å². The quantitative estimate of drug-likeness (QED) is 0.657. The molecule has 19 heavy (non-hydrogen) atoms. The van der Waals surface area contributed by atoms with Crippen molar-refractivity contribution in [3.05, 3.63) is 29.3 Å². The van der Waals surface area contributed by atoms with E-state index in [2.05, 4.69) is 5.32 Å². The first kappa shape index (κ1) is 14.3. The molecule has 0 heterocycles. The third-order valence-corrected chi connectivity index (χ3v) is 3.53. The molecule has 0 saturated heterocycles. The molecule has 1 atom stereocenters. The maximum Gasteiger partial charge on any atom is 0.115 e. The maximum atomic E-state index is 9.51. The number of rotatable bonds is 7. The zero-order valence-corrected chi connectivity index (χ0v) is 11.3. The molecule has 0 amide bonds. The Labute approximate surface area is 114 Å². The molecule has 0 radical (unpaired) electrons. The molecule has 0 aromatic heterocycles. The molecule has 0 bridgehead atoms. The number of aromatic hydroxyl groups is 1. The fourth-order valence-electron chi connectivity index (χ4n) is 2.63. The summed E-state index contributed by atoms with van der Waals surface area (Å²) in [5, 5.41) is 21.7. The minimum Gasteiger partial charge on any atom is -0.508 e. The molecule has 4 nitrogen and oxygen atoms in total. The number of aliphatic hydroxyl groups is 1. The van der Waals surface area contributed by atoms with Crippen LogP contribution in [0.5, 0.6) is 5.75 Å². The molecule has 3 N–H and O–H groups in total. The summed E-state index contributed by atoms with van der Waals surface area (Å²) in [5.74, 6) is 0.358. The van der Waals surface area contributed by atoms with E-state index in [-0.39, 0.29) is 6.61 Å². The highest BCUT2D eigenvalue weighted by Gasteiger charge is 2.19. The molecule has 106 valence electrons. The van der Waals surface area contributed by atoms with E-state index in [0.717, 1.165) is 32.2 Å². The number of benzene rings is 1. The van der Waals surface area contributed by atoms with Gasteiger partial charge in [0.25, 0.3) is 0 Å². The molecule has 1 aliphatic carbocycles. The van der Waals surface area contributed by atoms with Gasteiger partial charge >= 0.3 is 0 Å². The van der Waals surface area contributed by atoms with Crippen molar-refractivity contribution in [2.45, 2.75) is 31.7 Å². The van der Waals surface area contributed by atoms with Crippen molar-refractivity contribution in [2.24, 2.45) is 0 Å². The van der Waals surface area contributed by atoms with Crippen molar-refractivity contribution in [2.75, 3.05) is 26.4 Å². The smallest absolute Gasteiger partial charge is 0.115 e. The Hall–Kier alpha value is -1.10. The lowest BCUT2D eigenvalue weighted by Gasteiger charge is -2.26. The fourth-order valence-corrected chi connectivity index (χ4v) is 2.63. The molecule has 1 unspecified atom stereocenters. The van der Waals surface area contributed by atoms with Gasteiger partial charge in [-0.3, -0.25) is 0 Å². The molecule has 1 aromatic carbocycles. The van der Waals surface area contributed by atoms with Gasteiger partial charge in [-0.25, -0.2) is 0 Å². The van der Waals surface area contributed by atoms with Gasteiger partial charge in [0, 0.05) is 12.6 Å². The summed E-state index contributed by atoms with van der Waals surface area (Å²) in [5.41, 5.74) is 2.58. The topological polar surface area (TPSA) is 61.7 Å². The van der Waals surface area contributed by atoms with Crippen LogP contribution in [-0.4, -0.2) is 36.6 Å². The first-order valence-electron chi connectivity index (χ1n) is 7.05. The van der Waals surface area contributed by atoms with Gasteiger partial charge in [-0.2, -0.15) is 0 Å². The van der Waals surface area contributed by atoms with Crippen LogP contribution in [0.1, 0.15) is 36.4 Å². The lowest BCUT2D eigenvalue weighted by Crippen LogP contribution is -2.26. The average molecular weight is 265 g/mol. The molecule has 0 spiro atoms. The number of phenols is 1. The first-order chi connectivity index (χ1) is 9.31. The highest BCUT2D eigenvalue weighted by atomic mass is 16.5. The number of fused-ring (bicyclic) bond motifs is 1. The van der Waals surface area contributed by atoms with Crippen LogP contribution < -0.4 is 5.32 Å². The largest absolute Gasteiger partial charge is 0.508 e. The molecule has 1 aliphatic rings. The Balaban J connectivity index is 1.79. The van der Waals surface area contributed by atoms with Crippen LogP contribution in [0.25, 0.3) is 0 Å². The second-order valence-electron chi connectivity index (χ2n) is 4.97. The molecule has 1 aromatic rings. The van der Waals surface area contributed by atoms with Gasteiger partial charge in [0.05, 0.1) is 13.2 Å². The van der Waals surface area contributed by atoms with Crippen LogP contribution >= 0.6 is 0 Å². The van der Waals surface area contributed by atoms with E-state index in [0.29, 0.717) is 25.0 Å². The molecule has 0 saturated carbocycles. The van der Waals surface area contributed by atoms with Crippen LogP contribution in [0, 0.1) is 0 Å². The number of nitrogens with one attached hydrogen (secondary N) is 1. The molecule has 2 rings (SSSR count). The third-order valence-electron chi connectivity index (χ3n) is 3.53. The summed E-state index contributed by atoms with van der Waals surface area (Å²) in [6, 6.07) is 6.07. The van der Waals surface area contributed by atoms with E-state index in [1.165, 1.54) is 11.1 Å². The summed E-state index contributed by atoms with van der Waals surface area (Å²) in [6.45, 7) is 2.11. The number of aryl methyl sites for hydroxylation is 1. The van der Waals surface area contributed by atoms with Crippen LogP contribution in [0.3, 0.4) is 0 Å². The minimum absolute atomic E-state index is 0.0902. The summed E-state index contributed by atoms with van der Waals surface area (Å²) < 4.78 is 5.23. The Bertz CT molecular complexity index is 395. The van der Waals surface area contributed by atoms with Gasteiger partial charge in [0.2, 0.25) is 0 Å². The van der Waals surface area contributed by atoms with Crippen LogP contribution in [-0.2, 0) is 11.2 Å². The SMILES string of the molecule is OCCOCCCNC1CCCc2cc(O)ccc21. The highest BCUT2D eigenvalue weighted by molar-refractivity contribution is 5.38. The van der Waals surface area contributed by atoms with Crippen molar-refractivity contribution in [1.82, 2.24) is 5.32 Å². The molecule has 0 aliphatic heterocycles. The van der Waals surface area contributed by atoms with Gasteiger partial charge < -0.3 is 20.3 Å². The van der Waals surface area contributed by atoms with E-state index < -0.39 is 0 Å². The monoisotopic (exact) mass is 265 g/mol. The number of hydrogen-bond acceptors (Lipinski definition) is 4. The van der Waals surface area contributed by atoms with Crippen LogP contribution in [0.4, 0.5) is 0 Å². The van der Waals surface area contributed by atoms with Crippen molar-refractivity contribution in [3.8, 4) is 5.75 Å². The predicted octanol–water partition coefficient (Wildman–Crippen LogP) is 1.76. The second-order valence-corrected chi connectivity index (χ2v) is 4.97. The highest BCUT2D eigenvalue weighted by Crippen LogP contribution is 2.31. The van der Waals surface area contributed by atoms with E-state index in [1.54, 1.807) is 6.07 Å². The molecule has 0 fully saturated rings. The van der Waals surface area contributed by atoms with Crippen molar-refractivity contribution in [3.63, 3.8) is 0 Å². The molecule has 4 heteroatoms. The van der Waals surface area contributed by atoms with Crippen LogP contribution in [0.15, 0.2) is 18.2 Å². The molecular weight excluding hydrogens is 242 g/mol. The average Bonchev–Trinajstić information content (AvgIpc) is 2.42. The Morgan fingerprint density at radius 3 is 3.05 bits per heavy atom. The predicted molar refractivity (Wildman–Crippen MR) is 74.3 cm³/mol. The normalized spacial score (nSPS) is 18.3. The molecular formula is C15H23NO3. The van der Waals surface area contributed by atoms with Gasteiger partial charge in [-0.05, 0) is 55.5 Å². The standard InChI is InChI=1S/C15H23NO3/c17-8-10-19-9-2-7-16-15-4-1-3-12-11-13(18)5-6-14(12)15/h5-6,11,15-18H,1-4,7-10H2. The lowest BCUT2D eigenvalue weighted by molar-refractivity contribution is 0.0903. The zero-order chi connectivity index (χ0) is 13.5. The van der Waals surface area contributed by atoms with Crippen molar-refractivity contribution in [1.29, 1.82) is 0 Å². The van der Waals surface area contributed by atoms with Gasteiger partial charge in [-0.1, -0.05) is 6.07 Å². The summed E-state index contributed by atoms with van der Waals surface area (Å²) in [4.78, 5) is 0. The zero-order valence-electron chi connectivity index (χ0n) is 11.3. The number of ether oxygens (including phenoxy) is 1. The summed E-state index contributed by atoms with van der Waals surface area (Å²) in [7, 11) is 0. The summed E-state index contributed by atoms with van der Waals surface area (Å²) in [6.07, 6.45) is 4.32. The fraction of sp³-hybridized carbons (Fsp3) is 0.600.